The Morgan fingerprint density at radius 2 is 1.90 bits per heavy atom. The number of anilines is 1. The lowest BCUT2D eigenvalue weighted by atomic mass is 9.94. The van der Waals surface area contributed by atoms with Gasteiger partial charge in [-0.1, -0.05) is 25.3 Å². The normalized spacial score (nSPS) is 16.4. The van der Waals surface area contributed by atoms with Crippen LogP contribution in [0.5, 0.6) is 0 Å². The van der Waals surface area contributed by atoms with Crippen LogP contribution in [-0.4, -0.2) is 30.4 Å². The van der Waals surface area contributed by atoms with E-state index in [0.29, 0.717) is 12.6 Å². The molecule has 1 fully saturated rings. The fraction of sp³-hybridized carbons (Fsp3) is 0.588. The molecule has 0 atom stereocenters. The molecule has 1 aromatic rings. The highest BCUT2D eigenvalue weighted by Crippen LogP contribution is 2.21. The Bertz CT molecular complexity index is 464. The van der Waals surface area contributed by atoms with Gasteiger partial charge in [0.15, 0.2) is 0 Å². The van der Waals surface area contributed by atoms with Crippen molar-refractivity contribution in [3.63, 3.8) is 0 Å². The van der Waals surface area contributed by atoms with Crippen molar-refractivity contribution in [2.45, 2.75) is 52.0 Å². The smallest absolute Gasteiger partial charge is 0.238 e. The monoisotopic (exact) mass is 274 g/mol. The van der Waals surface area contributed by atoms with Crippen molar-refractivity contribution < 1.29 is 4.79 Å². The molecule has 110 valence electrons. The van der Waals surface area contributed by atoms with E-state index < -0.39 is 0 Å². The van der Waals surface area contributed by atoms with Crippen LogP contribution in [0.2, 0.25) is 0 Å². The van der Waals surface area contributed by atoms with Crippen LogP contribution in [0.1, 0.15) is 43.2 Å². The van der Waals surface area contributed by atoms with Crippen molar-refractivity contribution in [1.82, 2.24) is 4.90 Å². The molecule has 0 spiro atoms. The van der Waals surface area contributed by atoms with E-state index in [4.69, 9.17) is 0 Å². The van der Waals surface area contributed by atoms with Crippen LogP contribution in [0.3, 0.4) is 0 Å². The molecule has 0 radical (unpaired) electrons. The highest BCUT2D eigenvalue weighted by Gasteiger charge is 2.19. The summed E-state index contributed by atoms with van der Waals surface area (Å²) in [5.74, 6) is 0.0846. The van der Waals surface area contributed by atoms with Gasteiger partial charge in [0, 0.05) is 11.7 Å². The van der Waals surface area contributed by atoms with Gasteiger partial charge in [-0.15, -0.1) is 0 Å². The fourth-order valence-electron chi connectivity index (χ4n) is 2.90. The molecule has 1 saturated carbocycles. The summed E-state index contributed by atoms with van der Waals surface area (Å²) in [6, 6.07) is 6.64. The maximum absolute atomic E-state index is 12.1. The number of likely N-dealkylation sites (N-methyl/N-ethyl adjacent to an activating group) is 1. The largest absolute Gasteiger partial charge is 0.325 e. The molecule has 20 heavy (non-hydrogen) atoms. The molecule has 0 unspecified atom stereocenters. The molecule has 1 N–H and O–H groups in total. The molecule has 1 aromatic carbocycles. The van der Waals surface area contributed by atoms with Crippen LogP contribution in [-0.2, 0) is 4.79 Å². The molecular formula is C17H26N2O. The highest BCUT2D eigenvalue weighted by atomic mass is 16.2. The van der Waals surface area contributed by atoms with Crippen molar-refractivity contribution >= 4 is 11.6 Å². The van der Waals surface area contributed by atoms with Crippen molar-refractivity contribution in [3.05, 3.63) is 29.3 Å². The average molecular weight is 274 g/mol. The molecule has 3 nitrogen and oxygen atoms in total. The van der Waals surface area contributed by atoms with Gasteiger partial charge in [-0.25, -0.2) is 0 Å². The van der Waals surface area contributed by atoms with Crippen molar-refractivity contribution in [2.75, 3.05) is 18.9 Å². The number of hydrogen-bond donors (Lipinski definition) is 1. The summed E-state index contributed by atoms with van der Waals surface area (Å²) in [6.07, 6.45) is 6.40. The quantitative estimate of drug-likeness (QED) is 0.911. The first-order chi connectivity index (χ1) is 9.56. The first-order valence-electron chi connectivity index (χ1n) is 7.63. The van der Waals surface area contributed by atoms with Gasteiger partial charge in [0.1, 0.15) is 0 Å². The van der Waals surface area contributed by atoms with Crippen LogP contribution in [0.4, 0.5) is 5.69 Å². The van der Waals surface area contributed by atoms with Gasteiger partial charge in [0.25, 0.3) is 0 Å². The lowest BCUT2D eigenvalue weighted by Gasteiger charge is -2.30. The predicted octanol–water partition coefficient (Wildman–Crippen LogP) is 3.51. The maximum Gasteiger partial charge on any atom is 0.238 e. The minimum absolute atomic E-state index is 0.0846. The van der Waals surface area contributed by atoms with Gasteiger partial charge in [-0.3, -0.25) is 9.69 Å². The van der Waals surface area contributed by atoms with E-state index in [2.05, 4.69) is 37.2 Å². The van der Waals surface area contributed by atoms with Gasteiger partial charge in [-0.05, 0) is 57.0 Å². The Kier molecular flexibility index (Phi) is 5.18. The first-order valence-corrected chi connectivity index (χ1v) is 7.63. The van der Waals surface area contributed by atoms with Crippen molar-refractivity contribution in [2.24, 2.45) is 0 Å². The number of hydrogen-bond acceptors (Lipinski definition) is 2. The number of nitrogens with one attached hydrogen (secondary N) is 1. The second-order valence-corrected chi connectivity index (χ2v) is 6.05. The molecule has 0 bridgehead atoms. The maximum atomic E-state index is 12.1. The summed E-state index contributed by atoms with van der Waals surface area (Å²) in [7, 11) is 2.07. The van der Waals surface area contributed by atoms with E-state index in [-0.39, 0.29) is 5.91 Å². The molecule has 1 aliphatic carbocycles. The van der Waals surface area contributed by atoms with Gasteiger partial charge in [0.05, 0.1) is 6.54 Å². The van der Waals surface area contributed by atoms with Crippen molar-refractivity contribution in [1.29, 1.82) is 0 Å². The summed E-state index contributed by atoms with van der Waals surface area (Å²) < 4.78 is 0. The first kappa shape index (κ1) is 15.0. The summed E-state index contributed by atoms with van der Waals surface area (Å²) in [4.78, 5) is 14.3. The lowest BCUT2D eigenvalue weighted by molar-refractivity contribution is -0.117. The number of carbonyl (C=O) groups excluding carboxylic acids is 1. The lowest BCUT2D eigenvalue weighted by Crippen LogP contribution is -2.39. The van der Waals surface area contributed by atoms with Crippen LogP contribution >= 0.6 is 0 Å². The van der Waals surface area contributed by atoms with Gasteiger partial charge < -0.3 is 5.32 Å². The molecular weight excluding hydrogens is 248 g/mol. The van der Waals surface area contributed by atoms with E-state index in [1.807, 2.05) is 12.1 Å². The number of carbonyl (C=O) groups is 1. The average Bonchev–Trinajstić information content (AvgIpc) is 2.44. The Hall–Kier alpha value is -1.35. The van der Waals surface area contributed by atoms with E-state index in [9.17, 15) is 4.79 Å². The van der Waals surface area contributed by atoms with Gasteiger partial charge in [0.2, 0.25) is 5.91 Å². The minimum Gasteiger partial charge on any atom is -0.325 e. The number of amides is 1. The molecule has 1 amide bonds. The molecule has 1 aliphatic rings. The second kappa shape index (κ2) is 6.89. The van der Waals surface area contributed by atoms with Crippen LogP contribution in [0.25, 0.3) is 0 Å². The fourth-order valence-corrected chi connectivity index (χ4v) is 2.90. The van der Waals surface area contributed by atoms with Crippen LogP contribution in [0, 0.1) is 13.8 Å². The molecule has 0 saturated heterocycles. The zero-order chi connectivity index (χ0) is 14.5. The number of benzene rings is 1. The summed E-state index contributed by atoms with van der Waals surface area (Å²) >= 11 is 0. The number of nitrogens with zero attached hydrogens (tertiary/aromatic N) is 1. The summed E-state index contributed by atoms with van der Waals surface area (Å²) in [5, 5.41) is 3.00. The third-order valence-electron chi connectivity index (χ3n) is 4.38. The minimum atomic E-state index is 0.0846. The summed E-state index contributed by atoms with van der Waals surface area (Å²) in [5.41, 5.74) is 3.36. The Morgan fingerprint density at radius 1 is 1.20 bits per heavy atom. The SMILES string of the molecule is Cc1ccc(NC(=O)CN(C)C2CCCCC2)cc1C. The predicted molar refractivity (Wildman–Crippen MR) is 84.0 cm³/mol. The molecule has 0 aliphatic heterocycles. The third-order valence-corrected chi connectivity index (χ3v) is 4.38. The molecule has 3 heteroatoms. The molecule has 0 aromatic heterocycles. The zero-order valence-electron chi connectivity index (χ0n) is 12.9. The molecule has 2 rings (SSSR count). The van der Waals surface area contributed by atoms with E-state index >= 15 is 0 Å². The topological polar surface area (TPSA) is 32.3 Å². The standard InChI is InChI=1S/C17H26N2O/c1-13-9-10-15(11-14(13)2)18-17(20)12-19(3)16-7-5-4-6-8-16/h9-11,16H,4-8,12H2,1-3H3,(H,18,20). The Balaban J connectivity index is 1.86. The van der Waals surface area contributed by atoms with E-state index in [1.54, 1.807) is 0 Å². The van der Waals surface area contributed by atoms with E-state index in [1.165, 1.54) is 43.2 Å². The number of aryl methyl sites for hydroxylation is 2. The Morgan fingerprint density at radius 3 is 2.55 bits per heavy atom. The Labute approximate surface area is 122 Å². The van der Waals surface area contributed by atoms with Gasteiger partial charge >= 0.3 is 0 Å². The highest BCUT2D eigenvalue weighted by molar-refractivity contribution is 5.92. The third kappa shape index (κ3) is 4.07. The summed E-state index contributed by atoms with van der Waals surface area (Å²) in [6.45, 7) is 4.63. The van der Waals surface area contributed by atoms with Crippen LogP contribution < -0.4 is 5.32 Å². The zero-order valence-corrected chi connectivity index (χ0v) is 12.9. The second-order valence-electron chi connectivity index (χ2n) is 6.05. The van der Waals surface area contributed by atoms with Gasteiger partial charge in [-0.2, -0.15) is 0 Å². The van der Waals surface area contributed by atoms with Crippen molar-refractivity contribution in [3.8, 4) is 0 Å². The van der Waals surface area contributed by atoms with Crippen LogP contribution in [0.15, 0.2) is 18.2 Å². The molecule has 0 heterocycles. The number of rotatable bonds is 4. The van der Waals surface area contributed by atoms with E-state index in [0.717, 1.165) is 5.69 Å².